The van der Waals surface area contributed by atoms with Crippen LogP contribution < -0.4 is 4.74 Å². The number of ether oxygens (including phenoxy) is 2. The summed E-state index contributed by atoms with van der Waals surface area (Å²) in [5.74, 6) is 1.25. The number of para-hydroxylation sites is 1. The van der Waals surface area contributed by atoms with Crippen LogP contribution in [0.5, 0.6) is 11.6 Å². The van der Waals surface area contributed by atoms with E-state index in [0.717, 1.165) is 36.3 Å². The van der Waals surface area contributed by atoms with Gasteiger partial charge in [0.25, 0.3) is 0 Å². The smallest absolute Gasteiger partial charge is 0.227 e. The Hall–Kier alpha value is -2.74. The summed E-state index contributed by atoms with van der Waals surface area (Å²) in [4.78, 5) is 2.21. The second-order valence-corrected chi connectivity index (χ2v) is 9.21. The zero-order chi connectivity index (χ0) is 25.2. The van der Waals surface area contributed by atoms with E-state index in [1.165, 1.54) is 12.1 Å². The van der Waals surface area contributed by atoms with E-state index in [2.05, 4.69) is 32.6 Å². The van der Waals surface area contributed by atoms with Gasteiger partial charge in [0, 0.05) is 19.7 Å². The van der Waals surface area contributed by atoms with Gasteiger partial charge in [-0.1, -0.05) is 45.9 Å². The molecular weight excluding hydrogens is 445 g/mol. The zero-order valence-corrected chi connectivity index (χ0v) is 21.3. The number of hydrogen-bond acceptors (Lipinski definition) is 5. The van der Waals surface area contributed by atoms with Gasteiger partial charge >= 0.3 is 0 Å². The summed E-state index contributed by atoms with van der Waals surface area (Å²) in [7, 11) is 0. The summed E-state index contributed by atoms with van der Waals surface area (Å²) < 4.78 is 27.3. The van der Waals surface area contributed by atoms with Gasteiger partial charge in [0.05, 0.1) is 29.7 Å². The van der Waals surface area contributed by atoms with Crippen molar-refractivity contribution in [2.24, 2.45) is 5.92 Å². The standard InChI is InChI=1S/C28H38FN3O3/c1-5-16-31(17-24(33)20-34-19-21(3)4)18-26-27(6-2)30-32(23-10-8-7-9-11-23)28(26)35-25-14-12-22(29)13-15-25/h7-15,21,24,33H,5-6,16-20H2,1-4H3/t24-/m0/s1. The molecule has 0 aliphatic heterocycles. The fourth-order valence-corrected chi connectivity index (χ4v) is 3.95. The Morgan fingerprint density at radius 3 is 2.37 bits per heavy atom. The van der Waals surface area contributed by atoms with Gasteiger partial charge in [-0.15, -0.1) is 0 Å². The van der Waals surface area contributed by atoms with Crippen molar-refractivity contribution >= 4 is 0 Å². The van der Waals surface area contributed by atoms with Gasteiger partial charge in [-0.2, -0.15) is 5.10 Å². The minimum atomic E-state index is -0.587. The first-order chi connectivity index (χ1) is 16.9. The van der Waals surface area contributed by atoms with Crippen molar-refractivity contribution in [3.8, 4) is 17.3 Å². The van der Waals surface area contributed by atoms with Crippen LogP contribution in [0.1, 0.15) is 45.4 Å². The van der Waals surface area contributed by atoms with E-state index in [1.807, 2.05) is 35.0 Å². The first-order valence-corrected chi connectivity index (χ1v) is 12.5. The molecule has 0 radical (unpaired) electrons. The van der Waals surface area contributed by atoms with Gasteiger partial charge in [0.15, 0.2) is 0 Å². The number of benzene rings is 2. The predicted molar refractivity (Wildman–Crippen MR) is 137 cm³/mol. The van der Waals surface area contributed by atoms with Crippen LogP contribution in [-0.2, 0) is 17.7 Å². The van der Waals surface area contributed by atoms with Gasteiger partial charge in [-0.25, -0.2) is 9.07 Å². The maximum Gasteiger partial charge on any atom is 0.227 e. The number of nitrogens with zero attached hydrogens (tertiary/aromatic N) is 3. The molecular formula is C28H38FN3O3. The molecule has 0 spiro atoms. The van der Waals surface area contributed by atoms with Gasteiger partial charge < -0.3 is 14.6 Å². The molecule has 0 bridgehead atoms. The molecule has 6 nitrogen and oxygen atoms in total. The molecule has 3 rings (SSSR count). The molecule has 7 heteroatoms. The molecule has 35 heavy (non-hydrogen) atoms. The molecule has 2 aromatic carbocycles. The molecule has 0 unspecified atom stereocenters. The number of halogens is 1. The molecule has 0 fully saturated rings. The molecule has 0 aliphatic carbocycles. The number of aryl methyl sites for hydroxylation is 1. The Morgan fingerprint density at radius 1 is 1.03 bits per heavy atom. The largest absolute Gasteiger partial charge is 0.439 e. The van der Waals surface area contributed by atoms with Crippen molar-refractivity contribution in [1.82, 2.24) is 14.7 Å². The molecule has 1 N–H and O–H groups in total. The Kier molecular flexibility index (Phi) is 10.3. The Labute approximate surface area is 208 Å². The lowest BCUT2D eigenvalue weighted by Gasteiger charge is -2.25. The van der Waals surface area contributed by atoms with E-state index >= 15 is 0 Å². The quantitative estimate of drug-likeness (QED) is 0.323. The molecule has 1 aromatic heterocycles. The number of aromatic nitrogens is 2. The third-order valence-corrected chi connectivity index (χ3v) is 5.54. The molecule has 190 valence electrons. The summed E-state index contributed by atoms with van der Waals surface area (Å²) >= 11 is 0. The van der Waals surface area contributed by atoms with Gasteiger partial charge in [0.1, 0.15) is 11.6 Å². The molecule has 0 amide bonds. The maximum absolute atomic E-state index is 13.5. The Balaban J connectivity index is 1.91. The average molecular weight is 484 g/mol. The number of hydrogen-bond donors (Lipinski definition) is 1. The lowest BCUT2D eigenvalue weighted by molar-refractivity contribution is 0.00680. The SMILES string of the molecule is CCCN(Cc1c(CC)nn(-c2ccccc2)c1Oc1ccc(F)cc1)C[C@H](O)COCC(C)C. The average Bonchev–Trinajstić information content (AvgIpc) is 3.18. The molecule has 0 saturated carbocycles. The van der Waals surface area contributed by atoms with Crippen LogP contribution in [0.2, 0.25) is 0 Å². The number of aliphatic hydroxyl groups excluding tert-OH is 1. The van der Waals surface area contributed by atoms with E-state index in [9.17, 15) is 9.50 Å². The fraction of sp³-hybridized carbons (Fsp3) is 0.464. The van der Waals surface area contributed by atoms with Crippen LogP contribution >= 0.6 is 0 Å². The van der Waals surface area contributed by atoms with Crippen LogP contribution in [0, 0.1) is 11.7 Å². The van der Waals surface area contributed by atoms with Crippen molar-refractivity contribution in [2.45, 2.75) is 53.2 Å². The van der Waals surface area contributed by atoms with Crippen molar-refractivity contribution in [3.63, 3.8) is 0 Å². The normalized spacial score (nSPS) is 12.5. The third-order valence-electron chi connectivity index (χ3n) is 5.54. The molecule has 1 heterocycles. The van der Waals surface area contributed by atoms with Gasteiger partial charge in [-0.3, -0.25) is 4.90 Å². The summed E-state index contributed by atoms with van der Waals surface area (Å²) in [6.45, 7) is 11.2. The second kappa shape index (κ2) is 13.4. The molecule has 3 aromatic rings. The monoisotopic (exact) mass is 483 g/mol. The van der Waals surface area contributed by atoms with Crippen LogP contribution in [0.4, 0.5) is 4.39 Å². The van der Waals surface area contributed by atoms with Crippen LogP contribution in [0.15, 0.2) is 54.6 Å². The van der Waals surface area contributed by atoms with E-state index in [4.69, 9.17) is 14.6 Å². The molecule has 1 atom stereocenters. The second-order valence-electron chi connectivity index (χ2n) is 9.21. The van der Waals surface area contributed by atoms with Crippen LogP contribution in [0.25, 0.3) is 5.69 Å². The summed E-state index contributed by atoms with van der Waals surface area (Å²) in [6.07, 6.45) is 1.09. The predicted octanol–water partition coefficient (Wildman–Crippen LogP) is 5.61. The minimum absolute atomic E-state index is 0.307. The van der Waals surface area contributed by atoms with Crippen molar-refractivity contribution in [1.29, 1.82) is 0 Å². The Bertz CT molecular complexity index is 1020. The first kappa shape index (κ1) is 26.9. The zero-order valence-electron chi connectivity index (χ0n) is 21.3. The lowest BCUT2D eigenvalue weighted by Crippen LogP contribution is -2.35. The summed E-state index contributed by atoms with van der Waals surface area (Å²) in [6, 6.07) is 15.8. The highest BCUT2D eigenvalue weighted by Gasteiger charge is 2.23. The van der Waals surface area contributed by atoms with Gasteiger partial charge in [-0.05, 0) is 61.7 Å². The first-order valence-electron chi connectivity index (χ1n) is 12.5. The maximum atomic E-state index is 13.5. The van der Waals surface area contributed by atoms with E-state index in [1.54, 1.807) is 12.1 Å². The molecule has 0 saturated heterocycles. The summed E-state index contributed by atoms with van der Waals surface area (Å²) in [5, 5.41) is 15.5. The summed E-state index contributed by atoms with van der Waals surface area (Å²) in [5.41, 5.74) is 2.77. The van der Waals surface area contributed by atoms with Crippen molar-refractivity contribution in [3.05, 3.63) is 71.7 Å². The van der Waals surface area contributed by atoms with E-state index in [0.29, 0.717) is 43.9 Å². The van der Waals surface area contributed by atoms with Crippen molar-refractivity contribution in [2.75, 3.05) is 26.3 Å². The van der Waals surface area contributed by atoms with Crippen LogP contribution in [0.3, 0.4) is 0 Å². The van der Waals surface area contributed by atoms with E-state index in [-0.39, 0.29) is 5.82 Å². The third kappa shape index (κ3) is 7.88. The lowest BCUT2D eigenvalue weighted by atomic mass is 10.1. The number of aliphatic hydroxyl groups is 1. The van der Waals surface area contributed by atoms with Crippen LogP contribution in [-0.4, -0.2) is 52.2 Å². The highest BCUT2D eigenvalue weighted by atomic mass is 19.1. The number of rotatable bonds is 14. The Morgan fingerprint density at radius 2 is 1.74 bits per heavy atom. The van der Waals surface area contributed by atoms with Crippen molar-refractivity contribution < 1.29 is 19.0 Å². The highest BCUT2D eigenvalue weighted by Crippen LogP contribution is 2.32. The fourth-order valence-electron chi connectivity index (χ4n) is 3.95. The highest BCUT2D eigenvalue weighted by molar-refractivity contribution is 5.43. The van der Waals surface area contributed by atoms with Gasteiger partial charge in [0.2, 0.25) is 5.88 Å². The minimum Gasteiger partial charge on any atom is -0.439 e. The molecule has 0 aliphatic rings. The topological polar surface area (TPSA) is 59.8 Å². The van der Waals surface area contributed by atoms with E-state index < -0.39 is 6.10 Å².